The molecule has 0 saturated heterocycles. The van der Waals surface area contributed by atoms with Crippen LogP contribution >= 0.6 is 0 Å². The van der Waals surface area contributed by atoms with Gasteiger partial charge in [-0.25, -0.2) is 4.79 Å². The molecule has 1 aliphatic rings. The number of carbonyl (C=O) groups is 1. The summed E-state index contributed by atoms with van der Waals surface area (Å²) in [6, 6.07) is 8.08. The highest BCUT2D eigenvalue weighted by Gasteiger charge is 2.28. The number of rotatable bonds is 4. The van der Waals surface area contributed by atoms with E-state index in [4.69, 9.17) is 9.94 Å². The Morgan fingerprint density at radius 1 is 1.44 bits per heavy atom. The molecule has 1 aromatic carbocycles. The van der Waals surface area contributed by atoms with Crippen molar-refractivity contribution in [3.8, 4) is 0 Å². The Hall–Kier alpha value is -1.84. The Labute approximate surface area is 106 Å². The van der Waals surface area contributed by atoms with E-state index in [9.17, 15) is 4.79 Å². The Kier molecular flexibility index (Phi) is 3.65. The highest BCUT2D eigenvalue weighted by Crippen LogP contribution is 2.18. The standard InChI is InChI=1S/C14H17NO3/c1-9(2)7-10-3-5-11(6-4-10)12-8-13(14(16)17)18-15-12/h3-6,9,13H,7-8H2,1-2H3,(H,16,17)/t13-/m0/s1. The van der Waals surface area contributed by atoms with E-state index < -0.39 is 12.1 Å². The molecule has 2 rings (SSSR count). The van der Waals surface area contributed by atoms with E-state index in [1.54, 1.807) is 0 Å². The van der Waals surface area contributed by atoms with Crippen LogP contribution < -0.4 is 0 Å². The molecule has 4 nitrogen and oxygen atoms in total. The van der Waals surface area contributed by atoms with Gasteiger partial charge in [0.15, 0.2) is 0 Å². The number of carboxylic acid groups (broad SMARTS) is 1. The van der Waals surface area contributed by atoms with Crippen molar-refractivity contribution < 1.29 is 14.7 Å². The lowest BCUT2D eigenvalue weighted by molar-refractivity contribution is -0.148. The van der Waals surface area contributed by atoms with Crippen LogP contribution in [0, 0.1) is 5.92 Å². The molecule has 1 heterocycles. The van der Waals surface area contributed by atoms with Crippen molar-refractivity contribution >= 4 is 11.7 Å². The normalized spacial score (nSPS) is 18.6. The van der Waals surface area contributed by atoms with E-state index in [1.165, 1.54) is 5.56 Å². The maximum Gasteiger partial charge on any atom is 0.348 e. The third-order valence-corrected chi connectivity index (χ3v) is 2.88. The van der Waals surface area contributed by atoms with Gasteiger partial charge in [-0.15, -0.1) is 0 Å². The second-order valence-corrected chi connectivity index (χ2v) is 4.97. The molecule has 0 radical (unpaired) electrons. The molecule has 1 atom stereocenters. The minimum absolute atomic E-state index is 0.332. The number of hydrogen-bond donors (Lipinski definition) is 1. The van der Waals surface area contributed by atoms with Crippen LogP contribution in [0.4, 0.5) is 0 Å². The third kappa shape index (κ3) is 2.88. The van der Waals surface area contributed by atoms with Crippen LogP contribution in [0.2, 0.25) is 0 Å². The molecule has 18 heavy (non-hydrogen) atoms. The summed E-state index contributed by atoms with van der Waals surface area (Å²) in [6.45, 7) is 4.36. The van der Waals surface area contributed by atoms with Crippen LogP contribution in [0.1, 0.15) is 31.4 Å². The van der Waals surface area contributed by atoms with Crippen LogP contribution in [0.15, 0.2) is 29.4 Å². The molecule has 4 heteroatoms. The fourth-order valence-electron chi connectivity index (χ4n) is 1.98. The first-order chi connectivity index (χ1) is 8.56. The summed E-state index contributed by atoms with van der Waals surface area (Å²) in [5.74, 6) is -0.343. The molecule has 0 fully saturated rings. The van der Waals surface area contributed by atoms with E-state index >= 15 is 0 Å². The summed E-state index contributed by atoms with van der Waals surface area (Å²) in [5, 5.41) is 12.7. The molecule has 1 aromatic rings. The van der Waals surface area contributed by atoms with Gasteiger partial charge in [0.25, 0.3) is 0 Å². The molecule has 1 N–H and O–H groups in total. The summed E-state index contributed by atoms with van der Waals surface area (Å²) in [7, 11) is 0. The summed E-state index contributed by atoms with van der Waals surface area (Å²) < 4.78 is 0. The van der Waals surface area contributed by atoms with Crippen LogP contribution in [0.3, 0.4) is 0 Å². The molecule has 0 amide bonds. The van der Waals surface area contributed by atoms with Crippen LogP contribution in [-0.2, 0) is 16.1 Å². The lowest BCUT2D eigenvalue weighted by atomic mass is 9.99. The van der Waals surface area contributed by atoms with E-state index in [2.05, 4.69) is 31.1 Å². The zero-order chi connectivity index (χ0) is 13.1. The van der Waals surface area contributed by atoms with Crippen molar-refractivity contribution in [1.29, 1.82) is 0 Å². The van der Waals surface area contributed by atoms with Crippen LogP contribution in [-0.4, -0.2) is 22.9 Å². The predicted octanol–water partition coefficient (Wildman–Crippen LogP) is 2.46. The SMILES string of the molecule is CC(C)Cc1ccc(C2=NO[C@H](C(=O)O)C2)cc1. The Balaban J connectivity index is 2.05. The number of hydrogen-bond acceptors (Lipinski definition) is 3. The average Bonchev–Trinajstić information content (AvgIpc) is 2.78. The fraction of sp³-hybridized carbons (Fsp3) is 0.429. The summed E-state index contributed by atoms with van der Waals surface area (Å²) >= 11 is 0. The first-order valence-electron chi connectivity index (χ1n) is 6.11. The second kappa shape index (κ2) is 5.21. The van der Waals surface area contributed by atoms with Crippen molar-refractivity contribution in [3.63, 3.8) is 0 Å². The monoisotopic (exact) mass is 247 g/mol. The Morgan fingerprint density at radius 2 is 2.11 bits per heavy atom. The molecule has 1 aliphatic heterocycles. The van der Waals surface area contributed by atoms with Gasteiger partial charge < -0.3 is 9.94 Å². The quantitative estimate of drug-likeness (QED) is 0.889. The summed E-state index contributed by atoms with van der Waals surface area (Å²) in [6.07, 6.45) is 0.537. The van der Waals surface area contributed by atoms with Crippen molar-refractivity contribution in [3.05, 3.63) is 35.4 Å². The van der Waals surface area contributed by atoms with Crippen LogP contribution in [0.5, 0.6) is 0 Å². The number of oxime groups is 1. The number of nitrogens with zero attached hydrogens (tertiary/aromatic N) is 1. The summed E-state index contributed by atoms with van der Waals surface area (Å²) in [5.41, 5.74) is 2.92. The number of aliphatic carboxylic acids is 1. The zero-order valence-corrected chi connectivity index (χ0v) is 10.6. The van der Waals surface area contributed by atoms with Gasteiger partial charge in [-0.05, 0) is 23.5 Å². The number of carboxylic acids is 1. The minimum Gasteiger partial charge on any atom is -0.478 e. The first kappa shape index (κ1) is 12.6. The molecule has 0 bridgehead atoms. The summed E-state index contributed by atoms with van der Waals surface area (Å²) in [4.78, 5) is 15.6. The molecule has 96 valence electrons. The highest BCUT2D eigenvalue weighted by molar-refractivity contribution is 6.03. The van der Waals surface area contributed by atoms with Gasteiger partial charge in [-0.1, -0.05) is 43.3 Å². The lowest BCUT2D eigenvalue weighted by Crippen LogP contribution is -2.19. The fourth-order valence-corrected chi connectivity index (χ4v) is 1.98. The van der Waals surface area contributed by atoms with Crippen molar-refractivity contribution in [2.24, 2.45) is 11.1 Å². The highest BCUT2D eigenvalue weighted by atomic mass is 16.7. The topological polar surface area (TPSA) is 58.9 Å². The largest absolute Gasteiger partial charge is 0.478 e. The lowest BCUT2D eigenvalue weighted by Gasteiger charge is -2.06. The van der Waals surface area contributed by atoms with Gasteiger partial charge in [0.1, 0.15) is 0 Å². The molecule has 0 aliphatic carbocycles. The first-order valence-corrected chi connectivity index (χ1v) is 6.11. The van der Waals surface area contributed by atoms with Gasteiger partial charge in [0, 0.05) is 6.42 Å². The van der Waals surface area contributed by atoms with E-state index in [-0.39, 0.29) is 0 Å². The van der Waals surface area contributed by atoms with Gasteiger partial charge in [-0.3, -0.25) is 0 Å². The van der Waals surface area contributed by atoms with Crippen molar-refractivity contribution in [2.45, 2.75) is 32.8 Å². The molecule has 0 aromatic heterocycles. The zero-order valence-electron chi connectivity index (χ0n) is 10.6. The van der Waals surface area contributed by atoms with E-state index in [0.29, 0.717) is 18.1 Å². The van der Waals surface area contributed by atoms with Crippen molar-refractivity contribution in [1.82, 2.24) is 0 Å². The molecule has 0 spiro atoms. The predicted molar refractivity (Wildman–Crippen MR) is 68.6 cm³/mol. The van der Waals surface area contributed by atoms with Gasteiger partial charge in [0.05, 0.1) is 5.71 Å². The van der Waals surface area contributed by atoms with Gasteiger partial charge in [0.2, 0.25) is 6.10 Å². The molecule has 0 unspecified atom stereocenters. The second-order valence-electron chi connectivity index (χ2n) is 4.97. The molecular formula is C14H17NO3. The minimum atomic E-state index is -0.967. The maximum atomic E-state index is 10.8. The number of benzene rings is 1. The van der Waals surface area contributed by atoms with Crippen LogP contribution in [0.25, 0.3) is 0 Å². The van der Waals surface area contributed by atoms with Gasteiger partial charge in [-0.2, -0.15) is 0 Å². The van der Waals surface area contributed by atoms with E-state index in [1.807, 2.05) is 12.1 Å². The molecule has 0 saturated carbocycles. The average molecular weight is 247 g/mol. The molecular weight excluding hydrogens is 230 g/mol. The maximum absolute atomic E-state index is 10.8. The third-order valence-electron chi connectivity index (χ3n) is 2.88. The van der Waals surface area contributed by atoms with Crippen molar-refractivity contribution in [2.75, 3.05) is 0 Å². The Morgan fingerprint density at radius 3 is 2.61 bits per heavy atom. The smallest absolute Gasteiger partial charge is 0.348 e. The van der Waals surface area contributed by atoms with E-state index in [0.717, 1.165) is 12.0 Å². The Bertz CT molecular complexity index is 462. The van der Waals surface area contributed by atoms with Gasteiger partial charge >= 0.3 is 5.97 Å².